The largest absolute Gasteiger partial charge is 0.324 e. The maximum Gasteiger partial charge on any atom is 0.324 e. The van der Waals surface area contributed by atoms with E-state index in [9.17, 15) is 4.79 Å². The van der Waals surface area contributed by atoms with Crippen LogP contribution < -0.4 is 10.6 Å². The summed E-state index contributed by atoms with van der Waals surface area (Å²) < 4.78 is 1.85. The standard InChI is InChI=1S/C14H11Br2N3O/c15-11-3-1-2-10(8-11)6-7-17-14(20)19-13-5-4-12(16)9-18-13/h1-9H,(H2,17,18,19,20)/b7-6+. The third kappa shape index (κ3) is 4.79. The van der Waals surface area contributed by atoms with Gasteiger partial charge in [-0.05, 0) is 51.8 Å². The third-order valence-corrected chi connectivity index (χ3v) is 3.27. The number of hydrogen-bond donors (Lipinski definition) is 2. The lowest BCUT2D eigenvalue weighted by Gasteiger charge is -2.03. The number of pyridine rings is 1. The molecule has 0 spiro atoms. The van der Waals surface area contributed by atoms with Crippen molar-refractivity contribution in [2.24, 2.45) is 0 Å². The van der Waals surface area contributed by atoms with E-state index in [1.807, 2.05) is 24.3 Å². The van der Waals surface area contributed by atoms with Crippen molar-refractivity contribution in [3.8, 4) is 0 Å². The summed E-state index contributed by atoms with van der Waals surface area (Å²) in [6, 6.07) is 10.9. The van der Waals surface area contributed by atoms with E-state index >= 15 is 0 Å². The maximum atomic E-state index is 11.6. The van der Waals surface area contributed by atoms with Gasteiger partial charge in [-0.25, -0.2) is 9.78 Å². The molecule has 0 bridgehead atoms. The van der Waals surface area contributed by atoms with Crippen LogP contribution in [0.25, 0.3) is 6.08 Å². The van der Waals surface area contributed by atoms with Crippen molar-refractivity contribution >= 4 is 49.8 Å². The predicted molar refractivity (Wildman–Crippen MR) is 87.3 cm³/mol. The second kappa shape index (κ2) is 7.21. The Balaban J connectivity index is 1.87. The molecule has 2 rings (SSSR count). The number of nitrogens with one attached hydrogen (secondary N) is 2. The van der Waals surface area contributed by atoms with Crippen LogP contribution in [0.5, 0.6) is 0 Å². The maximum absolute atomic E-state index is 11.6. The highest BCUT2D eigenvalue weighted by Crippen LogP contribution is 2.12. The Kier molecular flexibility index (Phi) is 5.31. The Morgan fingerprint density at radius 2 is 2.00 bits per heavy atom. The number of rotatable bonds is 3. The fraction of sp³-hybridized carbons (Fsp3) is 0. The van der Waals surface area contributed by atoms with Crippen LogP contribution in [0.2, 0.25) is 0 Å². The summed E-state index contributed by atoms with van der Waals surface area (Å²) in [4.78, 5) is 15.7. The normalized spacial score (nSPS) is 10.5. The van der Waals surface area contributed by atoms with Gasteiger partial charge in [0.2, 0.25) is 0 Å². The second-order valence-corrected chi connectivity index (χ2v) is 5.68. The molecule has 2 aromatic rings. The van der Waals surface area contributed by atoms with E-state index in [0.29, 0.717) is 5.82 Å². The van der Waals surface area contributed by atoms with E-state index in [4.69, 9.17) is 0 Å². The molecule has 0 saturated carbocycles. The zero-order chi connectivity index (χ0) is 14.4. The third-order valence-electron chi connectivity index (χ3n) is 2.31. The Hall–Kier alpha value is -1.66. The van der Waals surface area contributed by atoms with Crippen LogP contribution in [0.15, 0.2) is 57.7 Å². The van der Waals surface area contributed by atoms with Gasteiger partial charge in [0.25, 0.3) is 0 Å². The van der Waals surface area contributed by atoms with Crippen LogP contribution in [0, 0.1) is 0 Å². The fourth-order valence-corrected chi connectivity index (χ4v) is 2.08. The van der Waals surface area contributed by atoms with Crippen LogP contribution in [-0.4, -0.2) is 11.0 Å². The molecule has 0 fully saturated rings. The topological polar surface area (TPSA) is 54.0 Å². The molecule has 20 heavy (non-hydrogen) atoms. The molecule has 102 valence electrons. The first kappa shape index (κ1) is 14.7. The minimum absolute atomic E-state index is 0.342. The van der Waals surface area contributed by atoms with Gasteiger partial charge in [-0.2, -0.15) is 0 Å². The van der Waals surface area contributed by atoms with Gasteiger partial charge >= 0.3 is 6.03 Å². The molecular formula is C14H11Br2N3O. The monoisotopic (exact) mass is 395 g/mol. The van der Waals surface area contributed by atoms with Gasteiger partial charge in [0.05, 0.1) is 0 Å². The SMILES string of the molecule is O=C(N/C=C/c1cccc(Br)c1)Nc1ccc(Br)cn1. The highest BCUT2D eigenvalue weighted by molar-refractivity contribution is 9.10. The van der Waals surface area contributed by atoms with Gasteiger partial charge in [-0.15, -0.1) is 0 Å². The predicted octanol–water partition coefficient (Wildman–Crippen LogP) is 4.40. The van der Waals surface area contributed by atoms with E-state index in [0.717, 1.165) is 14.5 Å². The lowest BCUT2D eigenvalue weighted by molar-refractivity contribution is 0.255. The van der Waals surface area contributed by atoms with Crippen LogP contribution in [-0.2, 0) is 0 Å². The van der Waals surface area contributed by atoms with Gasteiger partial charge < -0.3 is 5.32 Å². The average molecular weight is 397 g/mol. The fourth-order valence-electron chi connectivity index (χ4n) is 1.43. The van der Waals surface area contributed by atoms with Crippen LogP contribution in [0.3, 0.4) is 0 Å². The van der Waals surface area contributed by atoms with E-state index in [1.165, 1.54) is 0 Å². The van der Waals surface area contributed by atoms with Crippen molar-refractivity contribution in [2.45, 2.75) is 0 Å². The summed E-state index contributed by atoms with van der Waals surface area (Å²) in [6.07, 6.45) is 5.00. The van der Waals surface area contributed by atoms with Gasteiger partial charge in [-0.1, -0.05) is 28.1 Å². The Morgan fingerprint density at radius 1 is 1.15 bits per heavy atom. The van der Waals surface area contributed by atoms with E-state index in [-0.39, 0.29) is 6.03 Å². The number of hydrogen-bond acceptors (Lipinski definition) is 2. The highest BCUT2D eigenvalue weighted by Gasteiger charge is 1.99. The summed E-state index contributed by atoms with van der Waals surface area (Å²) in [7, 11) is 0. The molecule has 1 aromatic heterocycles. The second-order valence-electron chi connectivity index (χ2n) is 3.85. The van der Waals surface area contributed by atoms with Gasteiger partial charge in [0.1, 0.15) is 5.82 Å². The average Bonchev–Trinajstić information content (AvgIpc) is 2.41. The summed E-state index contributed by atoms with van der Waals surface area (Å²) in [6.45, 7) is 0. The number of anilines is 1. The van der Waals surface area contributed by atoms with Gasteiger partial charge in [0, 0.05) is 21.3 Å². The zero-order valence-corrected chi connectivity index (χ0v) is 13.5. The van der Waals surface area contributed by atoms with Crippen molar-refractivity contribution in [2.75, 3.05) is 5.32 Å². The number of urea groups is 1. The van der Waals surface area contributed by atoms with E-state index < -0.39 is 0 Å². The summed E-state index contributed by atoms with van der Waals surface area (Å²) >= 11 is 6.67. The number of halogens is 2. The minimum Gasteiger partial charge on any atom is -0.314 e. The van der Waals surface area contributed by atoms with Crippen molar-refractivity contribution in [3.05, 3.63) is 63.3 Å². The molecule has 0 aliphatic carbocycles. The molecule has 4 nitrogen and oxygen atoms in total. The highest BCUT2D eigenvalue weighted by atomic mass is 79.9. The number of amides is 2. The summed E-state index contributed by atoms with van der Waals surface area (Å²) in [5.41, 5.74) is 0.987. The quantitative estimate of drug-likeness (QED) is 0.807. The Bertz CT molecular complexity index is 627. The summed E-state index contributed by atoms with van der Waals surface area (Å²) in [5, 5.41) is 5.24. The number of benzene rings is 1. The molecule has 1 aromatic carbocycles. The van der Waals surface area contributed by atoms with Crippen LogP contribution in [0.4, 0.5) is 10.6 Å². The number of carbonyl (C=O) groups excluding carboxylic acids is 1. The number of aromatic nitrogens is 1. The molecule has 0 atom stereocenters. The molecule has 2 N–H and O–H groups in total. The van der Waals surface area contributed by atoms with Crippen molar-refractivity contribution in [3.63, 3.8) is 0 Å². The van der Waals surface area contributed by atoms with Crippen molar-refractivity contribution in [1.82, 2.24) is 10.3 Å². The molecular weight excluding hydrogens is 386 g/mol. The van der Waals surface area contributed by atoms with Gasteiger partial charge in [0.15, 0.2) is 0 Å². The van der Waals surface area contributed by atoms with Crippen molar-refractivity contribution < 1.29 is 4.79 Å². The number of nitrogens with zero attached hydrogens (tertiary/aromatic N) is 1. The molecule has 0 unspecified atom stereocenters. The smallest absolute Gasteiger partial charge is 0.314 e. The molecule has 2 amide bonds. The lowest BCUT2D eigenvalue weighted by atomic mass is 10.2. The van der Waals surface area contributed by atoms with Crippen LogP contribution >= 0.6 is 31.9 Å². The molecule has 1 heterocycles. The number of carbonyl (C=O) groups is 1. The molecule has 0 radical (unpaired) electrons. The first-order valence-electron chi connectivity index (χ1n) is 5.75. The first-order valence-corrected chi connectivity index (χ1v) is 7.33. The van der Waals surface area contributed by atoms with E-state index in [2.05, 4.69) is 47.5 Å². The molecule has 6 heteroatoms. The van der Waals surface area contributed by atoms with Crippen LogP contribution in [0.1, 0.15) is 5.56 Å². The Morgan fingerprint density at radius 3 is 2.70 bits per heavy atom. The van der Waals surface area contributed by atoms with Crippen molar-refractivity contribution in [1.29, 1.82) is 0 Å². The van der Waals surface area contributed by atoms with Gasteiger partial charge in [-0.3, -0.25) is 5.32 Å². The lowest BCUT2D eigenvalue weighted by Crippen LogP contribution is -2.24. The molecule has 0 aliphatic rings. The molecule has 0 saturated heterocycles. The summed E-state index contributed by atoms with van der Waals surface area (Å²) in [5.74, 6) is 0.488. The minimum atomic E-state index is -0.342. The molecule has 0 aliphatic heterocycles. The Labute approximate surface area is 133 Å². The zero-order valence-electron chi connectivity index (χ0n) is 10.3. The first-order chi connectivity index (χ1) is 9.63. The van der Waals surface area contributed by atoms with E-state index in [1.54, 1.807) is 30.6 Å².